The van der Waals surface area contributed by atoms with Gasteiger partial charge in [0.25, 0.3) is 5.56 Å². The third kappa shape index (κ3) is 4.86. The molecular formula is C22H25N3O3S. The van der Waals surface area contributed by atoms with Gasteiger partial charge in [0, 0.05) is 20.3 Å². The van der Waals surface area contributed by atoms with Crippen LogP contribution in [0.2, 0.25) is 0 Å². The molecule has 0 aliphatic rings. The molecule has 3 rings (SSSR count). The Labute approximate surface area is 174 Å². The molecule has 1 N–H and O–H groups in total. The number of ether oxygens (including phenoxy) is 1. The average Bonchev–Trinajstić information content (AvgIpc) is 2.72. The maximum absolute atomic E-state index is 13.3. The fourth-order valence-corrected chi connectivity index (χ4v) is 3.86. The van der Waals surface area contributed by atoms with Crippen LogP contribution in [0.15, 0.2) is 52.4 Å². The van der Waals surface area contributed by atoms with E-state index < -0.39 is 0 Å². The van der Waals surface area contributed by atoms with Crippen molar-refractivity contribution < 1.29 is 9.53 Å². The molecule has 0 spiro atoms. The molecule has 0 saturated heterocycles. The van der Waals surface area contributed by atoms with Gasteiger partial charge >= 0.3 is 0 Å². The van der Waals surface area contributed by atoms with Gasteiger partial charge in [-0.25, -0.2) is 4.98 Å². The van der Waals surface area contributed by atoms with Crippen LogP contribution in [0.1, 0.15) is 17.5 Å². The molecule has 0 aliphatic heterocycles. The van der Waals surface area contributed by atoms with E-state index in [2.05, 4.69) is 5.32 Å². The molecule has 0 unspecified atom stereocenters. The number of fused-ring (bicyclic) bond motifs is 1. The molecule has 1 heterocycles. The SMILES string of the molecule is COCCCNC(=O)CSc1nc2ccccc2c(=O)n1-c1cccc(C)c1C. The number of aromatic nitrogens is 2. The Morgan fingerprint density at radius 1 is 1.17 bits per heavy atom. The van der Waals surface area contributed by atoms with Crippen LogP contribution in [-0.4, -0.2) is 41.5 Å². The summed E-state index contributed by atoms with van der Waals surface area (Å²) in [5.41, 5.74) is 3.39. The van der Waals surface area contributed by atoms with E-state index in [1.165, 1.54) is 11.8 Å². The highest BCUT2D eigenvalue weighted by atomic mass is 32.2. The third-order valence-corrected chi connectivity index (χ3v) is 5.68. The first kappa shape index (κ1) is 21.1. The highest BCUT2D eigenvalue weighted by Crippen LogP contribution is 2.24. The Kier molecular flexibility index (Phi) is 7.06. The summed E-state index contributed by atoms with van der Waals surface area (Å²) in [5.74, 6) is 0.0869. The van der Waals surface area contributed by atoms with Gasteiger partial charge in [-0.15, -0.1) is 0 Å². The van der Waals surface area contributed by atoms with E-state index >= 15 is 0 Å². The first-order chi connectivity index (χ1) is 14.0. The van der Waals surface area contributed by atoms with Crippen molar-refractivity contribution in [2.24, 2.45) is 0 Å². The second kappa shape index (κ2) is 9.71. The van der Waals surface area contributed by atoms with Crippen molar-refractivity contribution in [3.63, 3.8) is 0 Å². The molecule has 0 atom stereocenters. The molecule has 2 aromatic carbocycles. The van der Waals surface area contributed by atoms with Crippen LogP contribution in [0.4, 0.5) is 0 Å². The van der Waals surface area contributed by atoms with E-state index in [4.69, 9.17) is 9.72 Å². The van der Waals surface area contributed by atoms with Crippen molar-refractivity contribution in [2.45, 2.75) is 25.4 Å². The summed E-state index contributed by atoms with van der Waals surface area (Å²) in [6.45, 7) is 5.16. The fourth-order valence-electron chi connectivity index (χ4n) is 3.02. The number of carbonyl (C=O) groups excluding carboxylic acids is 1. The van der Waals surface area contributed by atoms with Gasteiger partial charge in [-0.2, -0.15) is 0 Å². The van der Waals surface area contributed by atoms with Crippen molar-refractivity contribution in [3.8, 4) is 5.69 Å². The van der Waals surface area contributed by atoms with Crippen molar-refractivity contribution in [1.82, 2.24) is 14.9 Å². The van der Waals surface area contributed by atoms with Crippen LogP contribution in [0, 0.1) is 13.8 Å². The Balaban J connectivity index is 1.96. The van der Waals surface area contributed by atoms with Gasteiger partial charge in [-0.05, 0) is 49.6 Å². The zero-order valence-electron chi connectivity index (χ0n) is 16.9. The number of methoxy groups -OCH3 is 1. The summed E-state index contributed by atoms with van der Waals surface area (Å²) >= 11 is 1.27. The Bertz CT molecular complexity index is 1080. The van der Waals surface area contributed by atoms with Crippen LogP contribution in [0.25, 0.3) is 16.6 Å². The monoisotopic (exact) mass is 411 g/mol. The number of aryl methyl sites for hydroxylation is 1. The predicted octanol–water partition coefficient (Wildman–Crippen LogP) is 3.25. The Morgan fingerprint density at radius 3 is 2.76 bits per heavy atom. The first-order valence-electron chi connectivity index (χ1n) is 9.49. The van der Waals surface area contributed by atoms with Crippen LogP contribution >= 0.6 is 11.8 Å². The molecule has 1 aromatic heterocycles. The Morgan fingerprint density at radius 2 is 1.97 bits per heavy atom. The molecule has 0 radical (unpaired) electrons. The number of amides is 1. The lowest BCUT2D eigenvalue weighted by Gasteiger charge is -2.16. The molecule has 6 nitrogen and oxygen atoms in total. The highest BCUT2D eigenvalue weighted by molar-refractivity contribution is 7.99. The van der Waals surface area contributed by atoms with E-state index in [1.807, 2.05) is 50.2 Å². The number of hydrogen-bond donors (Lipinski definition) is 1. The molecule has 152 valence electrons. The molecule has 0 fully saturated rings. The normalized spacial score (nSPS) is 11.0. The summed E-state index contributed by atoms with van der Waals surface area (Å²) in [7, 11) is 1.63. The minimum atomic E-state index is -0.132. The molecular weight excluding hydrogens is 386 g/mol. The van der Waals surface area contributed by atoms with Gasteiger partial charge in [0.05, 0.1) is 22.3 Å². The number of para-hydroxylation sites is 1. The first-order valence-corrected chi connectivity index (χ1v) is 10.5. The van der Waals surface area contributed by atoms with Crippen LogP contribution in [-0.2, 0) is 9.53 Å². The number of rotatable bonds is 8. The summed E-state index contributed by atoms with van der Waals surface area (Å²) < 4.78 is 6.61. The molecule has 1 amide bonds. The summed E-state index contributed by atoms with van der Waals surface area (Å²) in [6.07, 6.45) is 0.758. The number of nitrogens with one attached hydrogen (secondary N) is 1. The standard InChI is InChI=1S/C22H25N3O3S/c1-15-8-6-11-19(16(15)2)25-21(27)17-9-4-5-10-18(17)24-22(25)29-14-20(26)23-12-7-13-28-3/h4-6,8-11H,7,12-14H2,1-3H3,(H,23,26). The lowest BCUT2D eigenvalue weighted by molar-refractivity contribution is -0.118. The van der Waals surface area contributed by atoms with Crippen LogP contribution in [0.5, 0.6) is 0 Å². The number of hydrogen-bond acceptors (Lipinski definition) is 5. The summed E-state index contributed by atoms with van der Waals surface area (Å²) in [5, 5.41) is 3.93. The molecule has 3 aromatic rings. The number of nitrogens with zero attached hydrogens (tertiary/aromatic N) is 2. The van der Waals surface area contributed by atoms with Crippen molar-refractivity contribution >= 4 is 28.6 Å². The number of thioether (sulfide) groups is 1. The van der Waals surface area contributed by atoms with E-state index in [0.29, 0.717) is 29.2 Å². The second-order valence-electron chi connectivity index (χ2n) is 6.76. The number of benzene rings is 2. The molecule has 0 aliphatic carbocycles. The van der Waals surface area contributed by atoms with Gasteiger partial charge in [0.1, 0.15) is 0 Å². The van der Waals surface area contributed by atoms with E-state index in [1.54, 1.807) is 17.7 Å². The molecule has 0 saturated carbocycles. The van der Waals surface area contributed by atoms with E-state index in [-0.39, 0.29) is 17.2 Å². The topological polar surface area (TPSA) is 73.2 Å². The van der Waals surface area contributed by atoms with Gasteiger partial charge in [0.15, 0.2) is 5.16 Å². The fraction of sp³-hybridized carbons (Fsp3) is 0.318. The second-order valence-corrected chi connectivity index (χ2v) is 7.70. The van der Waals surface area contributed by atoms with Crippen molar-refractivity contribution in [3.05, 3.63) is 63.9 Å². The number of carbonyl (C=O) groups is 1. The summed E-state index contributed by atoms with van der Waals surface area (Å²) in [6, 6.07) is 13.1. The lowest BCUT2D eigenvalue weighted by atomic mass is 10.1. The van der Waals surface area contributed by atoms with Crippen molar-refractivity contribution in [1.29, 1.82) is 0 Å². The average molecular weight is 412 g/mol. The van der Waals surface area contributed by atoms with Gasteiger partial charge in [-0.1, -0.05) is 36.0 Å². The maximum atomic E-state index is 13.3. The van der Waals surface area contributed by atoms with Crippen LogP contribution in [0.3, 0.4) is 0 Å². The van der Waals surface area contributed by atoms with Crippen molar-refractivity contribution in [2.75, 3.05) is 26.0 Å². The Hall–Kier alpha value is -2.64. The summed E-state index contributed by atoms with van der Waals surface area (Å²) in [4.78, 5) is 30.2. The molecule has 7 heteroatoms. The quantitative estimate of drug-likeness (QED) is 0.350. The predicted molar refractivity (Wildman–Crippen MR) is 117 cm³/mol. The zero-order valence-corrected chi connectivity index (χ0v) is 17.7. The van der Waals surface area contributed by atoms with E-state index in [0.717, 1.165) is 23.2 Å². The van der Waals surface area contributed by atoms with Gasteiger partial charge in [0.2, 0.25) is 5.91 Å². The minimum absolute atomic E-state index is 0.0963. The maximum Gasteiger partial charge on any atom is 0.266 e. The van der Waals surface area contributed by atoms with Crippen LogP contribution < -0.4 is 10.9 Å². The van der Waals surface area contributed by atoms with Gasteiger partial charge in [-0.3, -0.25) is 14.2 Å². The lowest BCUT2D eigenvalue weighted by Crippen LogP contribution is -2.28. The van der Waals surface area contributed by atoms with Gasteiger partial charge < -0.3 is 10.1 Å². The molecule has 0 bridgehead atoms. The third-order valence-electron chi connectivity index (χ3n) is 4.74. The highest BCUT2D eigenvalue weighted by Gasteiger charge is 2.16. The molecule has 29 heavy (non-hydrogen) atoms. The smallest absolute Gasteiger partial charge is 0.266 e. The zero-order chi connectivity index (χ0) is 20.8. The van der Waals surface area contributed by atoms with E-state index in [9.17, 15) is 9.59 Å². The minimum Gasteiger partial charge on any atom is -0.385 e. The largest absolute Gasteiger partial charge is 0.385 e.